The summed E-state index contributed by atoms with van der Waals surface area (Å²) in [5.41, 5.74) is 0.375. The van der Waals surface area contributed by atoms with Gasteiger partial charge in [0.2, 0.25) is 0 Å². The normalized spacial score (nSPS) is 8.00. The summed E-state index contributed by atoms with van der Waals surface area (Å²) < 4.78 is 4.11. The molecule has 0 saturated heterocycles. The van der Waals surface area contributed by atoms with E-state index >= 15 is 0 Å². The summed E-state index contributed by atoms with van der Waals surface area (Å²) in [5.74, 6) is -0.624. The van der Waals surface area contributed by atoms with Gasteiger partial charge in [0.15, 0.2) is 0 Å². The second kappa shape index (κ2) is 6.51. The minimum Gasteiger partial charge on any atom is -1.00 e. The molecule has 0 aliphatic heterocycles. The number of rotatable bonds is 2. The van der Waals surface area contributed by atoms with Crippen molar-refractivity contribution in [1.29, 1.82) is 0 Å². The third-order valence-electron chi connectivity index (χ3n) is 1.16. The van der Waals surface area contributed by atoms with Gasteiger partial charge in [-0.2, -0.15) is 0 Å². The molecule has 1 aromatic rings. The van der Waals surface area contributed by atoms with Crippen molar-refractivity contribution in [3.8, 4) is 0 Å². The summed E-state index contributed by atoms with van der Waals surface area (Å²) in [4.78, 5) is 20.5. The number of hydrogen-bond donors (Lipinski definition) is 0. The Morgan fingerprint density at radius 1 is 1.33 bits per heavy atom. The van der Waals surface area contributed by atoms with E-state index in [1.54, 1.807) is 30.3 Å². The summed E-state index contributed by atoms with van der Waals surface area (Å²) in [7, 11) is 0. The maximum Gasteiger partial charge on any atom is 1.00 e. The van der Waals surface area contributed by atoms with Crippen LogP contribution in [-0.4, -0.2) is 12.4 Å². The van der Waals surface area contributed by atoms with E-state index in [0.29, 0.717) is 5.56 Å². The van der Waals surface area contributed by atoms with Crippen LogP contribution in [0.5, 0.6) is 0 Å². The van der Waals surface area contributed by atoms with Crippen LogP contribution in [0, 0.1) is 0 Å². The number of esters is 1. The number of carbonyl (C=O) groups is 2. The minimum absolute atomic E-state index is 0. The second-order valence-corrected chi connectivity index (χ2v) is 1.87. The van der Waals surface area contributed by atoms with E-state index in [9.17, 15) is 9.59 Å². The van der Waals surface area contributed by atoms with E-state index in [2.05, 4.69) is 4.74 Å². The molecule has 0 heterocycles. The molecule has 0 spiro atoms. The Balaban J connectivity index is 0. The minimum atomic E-state index is -0.624. The SMILES string of the molecule is O=COC(=O)c1ccccc1.[H-].[K+]. The molecule has 0 unspecified atom stereocenters. The Hall–Kier alpha value is -0.00364. The number of benzene rings is 1. The van der Waals surface area contributed by atoms with Crippen LogP contribution >= 0.6 is 0 Å². The van der Waals surface area contributed by atoms with E-state index in [1.807, 2.05) is 0 Å². The van der Waals surface area contributed by atoms with E-state index in [0.717, 1.165) is 0 Å². The van der Waals surface area contributed by atoms with E-state index in [1.165, 1.54) is 0 Å². The Morgan fingerprint density at radius 2 is 1.92 bits per heavy atom. The van der Waals surface area contributed by atoms with Crippen molar-refractivity contribution in [2.45, 2.75) is 0 Å². The van der Waals surface area contributed by atoms with Crippen LogP contribution in [0.1, 0.15) is 11.8 Å². The zero-order chi connectivity index (χ0) is 8.10. The van der Waals surface area contributed by atoms with Crippen LogP contribution in [-0.2, 0) is 9.53 Å². The molecule has 0 amide bonds. The van der Waals surface area contributed by atoms with Crippen molar-refractivity contribution in [2.75, 3.05) is 0 Å². The summed E-state index contributed by atoms with van der Waals surface area (Å²) in [6, 6.07) is 8.32. The van der Waals surface area contributed by atoms with Gasteiger partial charge in [-0.05, 0) is 12.1 Å². The molecule has 0 aliphatic rings. The maximum atomic E-state index is 10.8. The fraction of sp³-hybridized carbons (Fsp3) is 0. The predicted octanol–water partition coefficient (Wildman–Crippen LogP) is -1.88. The maximum absolute atomic E-state index is 10.8. The first-order chi connectivity index (χ1) is 5.34. The third-order valence-corrected chi connectivity index (χ3v) is 1.16. The van der Waals surface area contributed by atoms with Crippen molar-refractivity contribution in [1.82, 2.24) is 0 Å². The molecular formula is C8H7KO3. The zero-order valence-corrected chi connectivity index (χ0v) is 9.81. The van der Waals surface area contributed by atoms with E-state index in [4.69, 9.17) is 0 Å². The molecule has 0 radical (unpaired) electrons. The van der Waals surface area contributed by atoms with Crippen LogP contribution in [0.3, 0.4) is 0 Å². The van der Waals surface area contributed by atoms with Gasteiger partial charge < -0.3 is 6.16 Å². The van der Waals surface area contributed by atoms with Gasteiger partial charge in [0.25, 0.3) is 0 Å². The van der Waals surface area contributed by atoms with Crippen LogP contribution in [0.4, 0.5) is 0 Å². The second-order valence-electron chi connectivity index (χ2n) is 1.87. The first-order valence-corrected chi connectivity index (χ1v) is 3.04. The molecule has 0 atom stereocenters. The largest absolute Gasteiger partial charge is 1.00 e. The van der Waals surface area contributed by atoms with E-state index < -0.39 is 5.97 Å². The Labute approximate surface area is 114 Å². The molecule has 0 saturated carbocycles. The van der Waals surface area contributed by atoms with Gasteiger partial charge in [0.1, 0.15) is 0 Å². The van der Waals surface area contributed by atoms with Crippen molar-refractivity contribution in [2.24, 2.45) is 0 Å². The Kier molecular flexibility index (Phi) is 6.50. The summed E-state index contributed by atoms with van der Waals surface area (Å²) >= 11 is 0. The molecule has 0 N–H and O–H groups in total. The molecule has 3 nitrogen and oxygen atoms in total. The number of carbonyl (C=O) groups excluding carboxylic acids is 2. The molecule has 1 aromatic carbocycles. The smallest absolute Gasteiger partial charge is 1.00 e. The van der Waals surface area contributed by atoms with Gasteiger partial charge in [-0.25, -0.2) is 4.79 Å². The standard InChI is InChI=1S/C8H6O3.K.H/c9-6-11-8(10)7-4-2-1-3-5-7;;/h1-6H;;/q;+1;-1. The fourth-order valence-electron chi connectivity index (χ4n) is 0.686. The van der Waals surface area contributed by atoms with Gasteiger partial charge in [-0.1, -0.05) is 18.2 Å². The topological polar surface area (TPSA) is 43.4 Å². The average molecular weight is 190 g/mol. The van der Waals surface area contributed by atoms with Crippen molar-refractivity contribution < 1.29 is 67.1 Å². The molecule has 4 heteroatoms. The Morgan fingerprint density at radius 3 is 2.42 bits per heavy atom. The van der Waals surface area contributed by atoms with Gasteiger partial charge in [0.05, 0.1) is 5.56 Å². The monoisotopic (exact) mass is 190 g/mol. The Bertz CT molecular complexity index is 263. The van der Waals surface area contributed by atoms with E-state index in [-0.39, 0.29) is 59.3 Å². The molecule has 0 bridgehead atoms. The summed E-state index contributed by atoms with van der Waals surface area (Å²) in [6.45, 7) is 0.120. The average Bonchev–Trinajstić information content (AvgIpc) is 2.07. The third kappa shape index (κ3) is 3.60. The van der Waals surface area contributed by atoms with Crippen LogP contribution in [0.2, 0.25) is 0 Å². The molecule has 0 aromatic heterocycles. The zero-order valence-electron chi connectivity index (χ0n) is 7.69. The quantitative estimate of drug-likeness (QED) is 0.237. The van der Waals surface area contributed by atoms with Crippen LogP contribution in [0.25, 0.3) is 0 Å². The summed E-state index contributed by atoms with van der Waals surface area (Å²) in [6.07, 6.45) is 0. The molecule has 12 heavy (non-hydrogen) atoms. The van der Waals surface area contributed by atoms with Crippen LogP contribution in [0.15, 0.2) is 30.3 Å². The summed E-state index contributed by atoms with van der Waals surface area (Å²) in [5, 5.41) is 0. The first-order valence-electron chi connectivity index (χ1n) is 3.04. The first kappa shape index (κ1) is 12.0. The predicted molar refractivity (Wildman–Crippen MR) is 39.0 cm³/mol. The molecule has 0 aliphatic carbocycles. The number of ether oxygens (including phenoxy) is 1. The van der Waals surface area contributed by atoms with Crippen molar-refractivity contribution in [3.05, 3.63) is 35.9 Å². The molecule has 58 valence electrons. The molecular weight excluding hydrogens is 183 g/mol. The van der Waals surface area contributed by atoms with Gasteiger partial charge in [-0.3, -0.25) is 4.79 Å². The van der Waals surface area contributed by atoms with Gasteiger partial charge in [0, 0.05) is 0 Å². The molecule has 1 rings (SSSR count). The van der Waals surface area contributed by atoms with Crippen LogP contribution < -0.4 is 51.4 Å². The molecule has 0 fully saturated rings. The fourth-order valence-corrected chi connectivity index (χ4v) is 0.686. The van der Waals surface area contributed by atoms with Crippen molar-refractivity contribution >= 4 is 12.4 Å². The van der Waals surface area contributed by atoms with Gasteiger partial charge in [-0.15, -0.1) is 0 Å². The van der Waals surface area contributed by atoms with Crippen molar-refractivity contribution in [3.63, 3.8) is 0 Å². The van der Waals surface area contributed by atoms with Gasteiger partial charge >= 0.3 is 63.8 Å². The number of hydrogen-bond acceptors (Lipinski definition) is 3.